The highest BCUT2D eigenvalue weighted by Gasteiger charge is 2.45. The van der Waals surface area contributed by atoms with Crippen molar-refractivity contribution in [1.82, 2.24) is 4.90 Å². The molecule has 0 bridgehead atoms. The van der Waals surface area contributed by atoms with Gasteiger partial charge in [0.1, 0.15) is 0 Å². The summed E-state index contributed by atoms with van der Waals surface area (Å²) in [6.07, 6.45) is 2.55. The quantitative estimate of drug-likeness (QED) is 0.749. The average Bonchev–Trinajstić information content (AvgIpc) is 2.10. The van der Waals surface area contributed by atoms with Crippen LogP contribution >= 0.6 is 0 Å². The summed E-state index contributed by atoms with van der Waals surface area (Å²) < 4.78 is 0. The van der Waals surface area contributed by atoms with E-state index in [4.69, 9.17) is 5.73 Å². The maximum atomic E-state index is 5.93. The van der Waals surface area contributed by atoms with Gasteiger partial charge < -0.3 is 5.73 Å². The van der Waals surface area contributed by atoms with Gasteiger partial charge in [-0.15, -0.1) is 0 Å². The largest absolute Gasteiger partial charge is 0.329 e. The molecular weight excluding hydrogens is 172 g/mol. The summed E-state index contributed by atoms with van der Waals surface area (Å²) in [6, 6.07) is 0.631. The van der Waals surface area contributed by atoms with E-state index in [1.807, 2.05) is 0 Å². The molecule has 1 fully saturated rings. The van der Waals surface area contributed by atoms with Gasteiger partial charge in [-0.2, -0.15) is 0 Å². The molecule has 0 aliphatic heterocycles. The van der Waals surface area contributed by atoms with Crippen molar-refractivity contribution in [2.45, 2.75) is 52.1 Å². The Bertz CT molecular complexity index is 183. The topological polar surface area (TPSA) is 29.3 Å². The molecule has 1 aliphatic carbocycles. The van der Waals surface area contributed by atoms with Gasteiger partial charge in [-0.05, 0) is 38.6 Å². The molecule has 2 N–H and O–H groups in total. The van der Waals surface area contributed by atoms with E-state index in [2.05, 4.69) is 39.6 Å². The molecule has 1 saturated carbocycles. The van der Waals surface area contributed by atoms with Gasteiger partial charge in [0.15, 0.2) is 0 Å². The van der Waals surface area contributed by atoms with Crippen LogP contribution in [0.2, 0.25) is 0 Å². The number of rotatable bonds is 4. The van der Waals surface area contributed by atoms with E-state index in [-0.39, 0.29) is 0 Å². The zero-order chi connectivity index (χ0) is 10.9. The van der Waals surface area contributed by atoms with Gasteiger partial charge in [-0.3, -0.25) is 4.90 Å². The van der Waals surface area contributed by atoms with Gasteiger partial charge in [0.25, 0.3) is 0 Å². The van der Waals surface area contributed by atoms with Gasteiger partial charge in [0.05, 0.1) is 0 Å². The summed E-state index contributed by atoms with van der Waals surface area (Å²) in [5, 5.41) is 0. The third-order valence-corrected chi connectivity index (χ3v) is 4.16. The van der Waals surface area contributed by atoms with Crippen LogP contribution in [0.5, 0.6) is 0 Å². The van der Waals surface area contributed by atoms with E-state index in [1.54, 1.807) is 0 Å². The second-order valence-corrected chi connectivity index (χ2v) is 5.54. The molecule has 0 heterocycles. The molecule has 0 radical (unpaired) electrons. The lowest BCUT2D eigenvalue weighted by atomic mass is 9.67. The number of likely N-dealkylation sites (N-methyl/N-ethyl adjacent to an activating group) is 1. The first-order valence-electron chi connectivity index (χ1n) is 5.86. The van der Waals surface area contributed by atoms with Crippen molar-refractivity contribution in [2.75, 3.05) is 13.6 Å². The Morgan fingerprint density at radius 2 is 1.86 bits per heavy atom. The maximum absolute atomic E-state index is 5.93. The summed E-state index contributed by atoms with van der Waals surface area (Å²) in [5.74, 6) is 1.57. The Balaban J connectivity index is 2.62. The lowest BCUT2D eigenvalue weighted by molar-refractivity contribution is -0.0288. The van der Waals surface area contributed by atoms with Gasteiger partial charge in [0, 0.05) is 18.1 Å². The number of hydrogen-bond acceptors (Lipinski definition) is 2. The van der Waals surface area contributed by atoms with Crippen LogP contribution in [0.3, 0.4) is 0 Å². The van der Waals surface area contributed by atoms with E-state index in [1.165, 1.54) is 12.8 Å². The van der Waals surface area contributed by atoms with Crippen LogP contribution in [-0.2, 0) is 0 Å². The molecule has 84 valence electrons. The van der Waals surface area contributed by atoms with Crippen LogP contribution in [0.25, 0.3) is 0 Å². The van der Waals surface area contributed by atoms with E-state index in [0.29, 0.717) is 17.5 Å². The molecular formula is C12H26N2. The lowest BCUT2D eigenvalue weighted by Crippen LogP contribution is -2.62. The molecule has 0 saturated heterocycles. The number of nitrogens with two attached hydrogens (primary N) is 1. The summed E-state index contributed by atoms with van der Waals surface area (Å²) in [4.78, 5) is 2.51. The van der Waals surface area contributed by atoms with Crippen molar-refractivity contribution in [2.24, 2.45) is 17.6 Å². The van der Waals surface area contributed by atoms with Crippen molar-refractivity contribution in [3.05, 3.63) is 0 Å². The molecule has 2 heteroatoms. The van der Waals surface area contributed by atoms with Crippen LogP contribution in [0.4, 0.5) is 0 Å². The Hall–Kier alpha value is -0.0800. The summed E-state index contributed by atoms with van der Waals surface area (Å²) in [7, 11) is 2.24. The normalized spacial score (nSPS) is 34.7. The molecule has 0 amide bonds. The van der Waals surface area contributed by atoms with Crippen molar-refractivity contribution < 1.29 is 0 Å². The van der Waals surface area contributed by atoms with Crippen molar-refractivity contribution >= 4 is 0 Å². The second-order valence-electron chi connectivity index (χ2n) is 5.54. The predicted molar refractivity (Wildman–Crippen MR) is 62.2 cm³/mol. The smallest absolute Gasteiger partial charge is 0.0336 e. The average molecular weight is 198 g/mol. The second kappa shape index (κ2) is 4.19. The van der Waals surface area contributed by atoms with Crippen molar-refractivity contribution in [3.63, 3.8) is 0 Å². The fraction of sp³-hybridized carbons (Fsp3) is 1.00. The minimum Gasteiger partial charge on any atom is -0.329 e. The Morgan fingerprint density at radius 1 is 1.36 bits per heavy atom. The van der Waals surface area contributed by atoms with Crippen LogP contribution in [0, 0.1) is 11.8 Å². The van der Waals surface area contributed by atoms with E-state index < -0.39 is 0 Å². The maximum Gasteiger partial charge on any atom is 0.0336 e. The summed E-state index contributed by atoms with van der Waals surface area (Å²) in [6.45, 7) is 10.0. The van der Waals surface area contributed by atoms with Gasteiger partial charge in [-0.1, -0.05) is 20.8 Å². The van der Waals surface area contributed by atoms with Gasteiger partial charge >= 0.3 is 0 Å². The molecule has 1 rings (SSSR count). The minimum atomic E-state index is 0.309. The number of nitrogens with zero attached hydrogens (tertiary/aromatic N) is 1. The summed E-state index contributed by atoms with van der Waals surface area (Å²) >= 11 is 0. The van der Waals surface area contributed by atoms with Crippen molar-refractivity contribution in [1.29, 1.82) is 0 Å². The highest BCUT2D eigenvalue weighted by atomic mass is 15.2. The third kappa shape index (κ3) is 1.96. The molecule has 0 aromatic heterocycles. The Kier molecular flexibility index (Phi) is 3.59. The molecule has 14 heavy (non-hydrogen) atoms. The lowest BCUT2D eigenvalue weighted by Gasteiger charge is -2.54. The molecule has 0 spiro atoms. The first-order valence-corrected chi connectivity index (χ1v) is 5.86. The van der Waals surface area contributed by atoms with Crippen LogP contribution in [0.15, 0.2) is 0 Å². The van der Waals surface area contributed by atoms with Crippen LogP contribution in [-0.4, -0.2) is 30.1 Å². The van der Waals surface area contributed by atoms with E-state index >= 15 is 0 Å². The fourth-order valence-corrected chi connectivity index (χ4v) is 2.72. The standard InChI is InChI=1S/C12H26N2/c1-9(2)11(4)14(5)12(8-13)6-10(3)7-12/h9-11H,6-8,13H2,1-5H3. The highest BCUT2D eigenvalue weighted by molar-refractivity contribution is 5.02. The minimum absolute atomic E-state index is 0.309. The first kappa shape index (κ1) is 12.0. The first-order chi connectivity index (χ1) is 6.43. The molecule has 1 atom stereocenters. The monoisotopic (exact) mass is 198 g/mol. The van der Waals surface area contributed by atoms with Crippen LogP contribution < -0.4 is 5.73 Å². The molecule has 1 aliphatic rings. The molecule has 0 aromatic carbocycles. The zero-order valence-electron chi connectivity index (χ0n) is 10.4. The third-order valence-electron chi connectivity index (χ3n) is 4.16. The summed E-state index contributed by atoms with van der Waals surface area (Å²) in [5.41, 5.74) is 6.24. The fourth-order valence-electron chi connectivity index (χ4n) is 2.72. The molecule has 1 unspecified atom stereocenters. The molecule has 0 aromatic rings. The molecule has 2 nitrogen and oxygen atoms in total. The Labute approximate surface area is 88.8 Å². The SMILES string of the molecule is CC1CC(CN)(N(C)C(C)C(C)C)C1. The Morgan fingerprint density at radius 3 is 2.14 bits per heavy atom. The highest BCUT2D eigenvalue weighted by Crippen LogP contribution is 2.42. The van der Waals surface area contributed by atoms with E-state index in [9.17, 15) is 0 Å². The van der Waals surface area contributed by atoms with Crippen molar-refractivity contribution in [3.8, 4) is 0 Å². The van der Waals surface area contributed by atoms with Crippen LogP contribution in [0.1, 0.15) is 40.5 Å². The van der Waals surface area contributed by atoms with Gasteiger partial charge in [-0.25, -0.2) is 0 Å². The van der Waals surface area contributed by atoms with E-state index in [0.717, 1.165) is 12.5 Å². The predicted octanol–water partition coefficient (Wildman–Crippen LogP) is 2.09. The number of hydrogen-bond donors (Lipinski definition) is 1. The van der Waals surface area contributed by atoms with Gasteiger partial charge in [0.2, 0.25) is 0 Å². The zero-order valence-corrected chi connectivity index (χ0v) is 10.4.